The van der Waals surface area contributed by atoms with Gasteiger partial charge in [-0.15, -0.1) is 0 Å². The van der Waals surface area contributed by atoms with Crippen LogP contribution in [0.4, 0.5) is 0 Å². The van der Waals surface area contributed by atoms with Crippen molar-refractivity contribution >= 4 is 0 Å². The van der Waals surface area contributed by atoms with Crippen molar-refractivity contribution in [2.75, 3.05) is 0 Å². The van der Waals surface area contributed by atoms with Crippen LogP contribution in [0.2, 0.25) is 0 Å². The van der Waals surface area contributed by atoms with Gasteiger partial charge in [-0.3, -0.25) is 0 Å². The van der Waals surface area contributed by atoms with Crippen molar-refractivity contribution in [3.8, 4) is 0 Å². The van der Waals surface area contributed by atoms with E-state index >= 15 is 0 Å². The molecular weight excluding hydrogens is 120 g/mol. The summed E-state index contributed by atoms with van der Waals surface area (Å²) in [6.07, 6.45) is 7.23. The first-order valence-electron chi connectivity index (χ1n) is 4.70. The zero-order valence-electron chi connectivity index (χ0n) is 7.61. The predicted octanol–water partition coefficient (Wildman–Crippen LogP) is 3.61. The second-order valence-corrected chi connectivity index (χ2v) is 4.20. The maximum absolute atomic E-state index is 2.44. The van der Waals surface area contributed by atoms with Crippen molar-refractivity contribution in [2.24, 2.45) is 11.3 Å². The van der Waals surface area contributed by atoms with Crippen LogP contribution in [-0.2, 0) is 0 Å². The summed E-state index contributed by atoms with van der Waals surface area (Å²) in [7, 11) is 0. The lowest BCUT2D eigenvalue weighted by molar-refractivity contribution is 0.356. The molecule has 0 aromatic heterocycles. The molecule has 0 radical (unpaired) electrons. The lowest BCUT2D eigenvalue weighted by atomic mass is 9.90. The summed E-state index contributed by atoms with van der Waals surface area (Å²) in [5.41, 5.74) is 0.774. The maximum Gasteiger partial charge on any atom is -0.0323 e. The molecular formula is C10H20. The van der Waals surface area contributed by atoms with Crippen LogP contribution in [0.25, 0.3) is 0 Å². The number of rotatable bonds is 4. The average molecular weight is 140 g/mol. The fourth-order valence-corrected chi connectivity index (χ4v) is 1.69. The van der Waals surface area contributed by atoms with E-state index in [1.54, 1.807) is 0 Å². The second kappa shape index (κ2) is 2.94. The highest BCUT2D eigenvalue weighted by Gasteiger charge is 2.38. The van der Waals surface area contributed by atoms with E-state index in [4.69, 9.17) is 0 Å². The van der Waals surface area contributed by atoms with Gasteiger partial charge in [-0.25, -0.2) is 0 Å². The molecule has 0 aliphatic heterocycles. The summed E-state index contributed by atoms with van der Waals surface area (Å²) in [4.78, 5) is 0. The summed E-state index contributed by atoms with van der Waals surface area (Å²) < 4.78 is 0. The molecule has 0 N–H and O–H groups in total. The van der Waals surface area contributed by atoms with E-state index in [9.17, 15) is 0 Å². The van der Waals surface area contributed by atoms with Gasteiger partial charge in [0.25, 0.3) is 0 Å². The summed E-state index contributed by atoms with van der Waals surface area (Å²) in [5.74, 6) is 1.01. The van der Waals surface area contributed by atoms with E-state index in [0.717, 1.165) is 11.3 Å². The van der Waals surface area contributed by atoms with E-state index < -0.39 is 0 Å². The Kier molecular flexibility index (Phi) is 2.38. The van der Waals surface area contributed by atoms with Gasteiger partial charge in [0.2, 0.25) is 0 Å². The third kappa shape index (κ3) is 2.00. The third-order valence-electron chi connectivity index (χ3n) is 3.04. The highest BCUT2D eigenvalue weighted by Crippen LogP contribution is 2.50. The fraction of sp³-hybridized carbons (Fsp3) is 1.00. The maximum atomic E-state index is 2.44. The van der Waals surface area contributed by atoms with Crippen LogP contribution in [0.5, 0.6) is 0 Å². The Morgan fingerprint density at radius 3 is 2.00 bits per heavy atom. The Morgan fingerprint density at radius 2 is 1.70 bits per heavy atom. The zero-order valence-corrected chi connectivity index (χ0v) is 7.61. The summed E-state index contributed by atoms with van der Waals surface area (Å²) in [6, 6.07) is 0. The Morgan fingerprint density at radius 1 is 1.20 bits per heavy atom. The highest BCUT2D eigenvalue weighted by molar-refractivity contribution is 4.89. The first-order valence-corrected chi connectivity index (χ1v) is 4.70. The lowest BCUT2D eigenvalue weighted by Crippen LogP contribution is -2.04. The van der Waals surface area contributed by atoms with Gasteiger partial charge in [0, 0.05) is 0 Å². The topological polar surface area (TPSA) is 0 Å². The normalized spacial score (nSPS) is 21.6. The van der Waals surface area contributed by atoms with Crippen LogP contribution in [0.1, 0.15) is 52.9 Å². The van der Waals surface area contributed by atoms with Crippen molar-refractivity contribution in [1.29, 1.82) is 0 Å². The Bertz CT molecular complexity index is 96.6. The molecule has 60 valence electrons. The van der Waals surface area contributed by atoms with E-state index in [1.807, 2.05) is 0 Å². The van der Waals surface area contributed by atoms with Crippen molar-refractivity contribution in [3.05, 3.63) is 0 Å². The van der Waals surface area contributed by atoms with Crippen molar-refractivity contribution in [2.45, 2.75) is 52.9 Å². The minimum absolute atomic E-state index is 0.774. The molecule has 0 nitrogen and oxygen atoms in total. The fourth-order valence-electron chi connectivity index (χ4n) is 1.69. The molecule has 0 spiro atoms. The van der Waals surface area contributed by atoms with Gasteiger partial charge < -0.3 is 0 Å². The first-order chi connectivity index (χ1) is 4.70. The van der Waals surface area contributed by atoms with Crippen LogP contribution in [0, 0.1) is 11.3 Å². The zero-order chi connectivity index (χ0) is 7.61. The molecule has 1 rings (SSSR count). The standard InChI is InChI=1S/C10H20/c1-4-9(5-2)8-10(3)6-7-10/h9H,4-8H2,1-3H3. The van der Waals surface area contributed by atoms with Gasteiger partial charge in [-0.1, -0.05) is 33.6 Å². The summed E-state index contributed by atoms with van der Waals surface area (Å²) in [5, 5.41) is 0. The van der Waals surface area contributed by atoms with Gasteiger partial charge in [-0.05, 0) is 30.6 Å². The molecule has 0 atom stereocenters. The van der Waals surface area contributed by atoms with Gasteiger partial charge in [0.1, 0.15) is 0 Å². The molecule has 0 bridgehead atoms. The molecule has 0 unspecified atom stereocenters. The molecule has 0 saturated heterocycles. The van der Waals surface area contributed by atoms with Crippen LogP contribution < -0.4 is 0 Å². The quantitative estimate of drug-likeness (QED) is 0.559. The van der Waals surface area contributed by atoms with E-state index in [0.29, 0.717) is 0 Å². The van der Waals surface area contributed by atoms with Crippen LogP contribution in [0.3, 0.4) is 0 Å². The molecule has 0 amide bonds. The number of hydrogen-bond donors (Lipinski definition) is 0. The molecule has 1 fully saturated rings. The van der Waals surface area contributed by atoms with Gasteiger partial charge in [0.05, 0.1) is 0 Å². The van der Waals surface area contributed by atoms with E-state index in [-0.39, 0.29) is 0 Å². The number of hydrogen-bond acceptors (Lipinski definition) is 0. The van der Waals surface area contributed by atoms with Gasteiger partial charge in [-0.2, -0.15) is 0 Å². The Hall–Kier alpha value is 0. The van der Waals surface area contributed by atoms with Crippen molar-refractivity contribution < 1.29 is 0 Å². The van der Waals surface area contributed by atoms with Crippen molar-refractivity contribution in [1.82, 2.24) is 0 Å². The largest absolute Gasteiger partial charge is 0.0651 e. The van der Waals surface area contributed by atoms with E-state index in [1.165, 1.54) is 32.1 Å². The predicted molar refractivity (Wildman–Crippen MR) is 46.0 cm³/mol. The van der Waals surface area contributed by atoms with Crippen LogP contribution >= 0.6 is 0 Å². The molecule has 0 heterocycles. The second-order valence-electron chi connectivity index (χ2n) is 4.20. The average Bonchev–Trinajstić information content (AvgIpc) is 2.64. The van der Waals surface area contributed by atoms with Crippen LogP contribution in [0.15, 0.2) is 0 Å². The minimum Gasteiger partial charge on any atom is -0.0651 e. The highest BCUT2D eigenvalue weighted by atomic mass is 14.4. The lowest BCUT2D eigenvalue weighted by Gasteiger charge is -2.16. The summed E-state index contributed by atoms with van der Waals surface area (Å²) >= 11 is 0. The van der Waals surface area contributed by atoms with E-state index in [2.05, 4.69) is 20.8 Å². The third-order valence-corrected chi connectivity index (χ3v) is 3.04. The first kappa shape index (κ1) is 8.10. The SMILES string of the molecule is CCC(CC)CC1(C)CC1. The molecule has 1 saturated carbocycles. The Balaban J connectivity index is 2.21. The molecule has 0 heteroatoms. The Labute approximate surface area is 65.0 Å². The monoisotopic (exact) mass is 140 g/mol. The molecule has 1 aliphatic rings. The smallest absolute Gasteiger partial charge is 0.0323 e. The summed E-state index contributed by atoms with van der Waals surface area (Å²) in [6.45, 7) is 7.07. The van der Waals surface area contributed by atoms with Crippen molar-refractivity contribution in [3.63, 3.8) is 0 Å². The van der Waals surface area contributed by atoms with Gasteiger partial charge in [0.15, 0.2) is 0 Å². The molecule has 0 aromatic rings. The molecule has 1 aliphatic carbocycles. The van der Waals surface area contributed by atoms with Crippen LogP contribution in [-0.4, -0.2) is 0 Å². The molecule has 10 heavy (non-hydrogen) atoms. The molecule has 0 aromatic carbocycles. The van der Waals surface area contributed by atoms with Gasteiger partial charge >= 0.3 is 0 Å². The minimum atomic E-state index is 0.774.